The molecule has 0 bridgehead atoms. The number of likely N-dealkylation sites (tertiary alicyclic amines) is 1. The zero-order chi connectivity index (χ0) is 12.0. The van der Waals surface area contributed by atoms with Crippen LogP contribution in [-0.4, -0.2) is 40.6 Å². The van der Waals surface area contributed by atoms with Crippen molar-refractivity contribution in [3.8, 4) is 0 Å². The summed E-state index contributed by atoms with van der Waals surface area (Å²) in [6.45, 7) is 2.74. The van der Waals surface area contributed by atoms with Gasteiger partial charge >= 0.3 is 0 Å². The Bertz CT molecular complexity index is 476. The SMILES string of the molecule is CN1CCC2(C1)c1ccccc1CN(C)S2=O. The van der Waals surface area contributed by atoms with E-state index in [1.165, 1.54) is 11.1 Å². The molecule has 0 aromatic heterocycles. The Morgan fingerprint density at radius 1 is 1.29 bits per heavy atom. The minimum atomic E-state index is -0.909. The molecule has 1 spiro atoms. The molecular formula is C13H18N2OS. The van der Waals surface area contributed by atoms with E-state index in [1.807, 2.05) is 11.4 Å². The standard InChI is InChI=1S/C13H18N2OS/c1-14-8-7-13(10-14)12-6-4-3-5-11(12)9-15(2)17(13)16/h3-6H,7-10H2,1-2H3. The zero-order valence-electron chi connectivity index (χ0n) is 10.3. The molecule has 3 nitrogen and oxygen atoms in total. The highest BCUT2D eigenvalue weighted by atomic mass is 32.2. The molecule has 0 aliphatic carbocycles. The number of rotatable bonds is 0. The molecule has 92 valence electrons. The lowest BCUT2D eigenvalue weighted by molar-refractivity contribution is 0.390. The molecule has 2 unspecified atom stereocenters. The average Bonchev–Trinajstić information content (AvgIpc) is 2.70. The number of hydrogen-bond acceptors (Lipinski definition) is 2. The Morgan fingerprint density at radius 3 is 2.76 bits per heavy atom. The fourth-order valence-electron chi connectivity index (χ4n) is 3.12. The number of fused-ring (bicyclic) bond motifs is 2. The lowest BCUT2D eigenvalue weighted by Gasteiger charge is -2.39. The predicted octanol–water partition coefficient (Wildman–Crippen LogP) is 1.33. The Kier molecular flexibility index (Phi) is 2.61. The van der Waals surface area contributed by atoms with Crippen molar-refractivity contribution < 1.29 is 4.21 Å². The van der Waals surface area contributed by atoms with Crippen LogP contribution in [0.3, 0.4) is 0 Å². The Balaban J connectivity index is 2.16. The van der Waals surface area contributed by atoms with E-state index < -0.39 is 11.0 Å². The molecule has 0 N–H and O–H groups in total. The van der Waals surface area contributed by atoms with Crippen LogP contribution in [0.1, 0.15) is 17.5 Å². The number of hydrogen-bond donors (Lipinski definition) is 0. The Morgan fingerprint density at radius 2 is 2.06 bits per heavy atom. The summed E-state index contributed by atoms with van der Waals surface area (Å²) in [5, 5.41) is 0. The van der Waals surface area contributed by atoms with E-state index in [2.05, 4.69) is 36.2 Å². The van der Waals surface area contributed by atoms with Gasteiger partial charge in [0.05, 0.1) is 4.75 Å². The van der Waals surface area contributed by atoms with Crippen LogP contribution < -0.4 is 0 Å². The highest BCUT2D eigenvalue weighted by Crippen LogP contribution is 2.43. The smallest absolute Gasteiger partial charge is 0.107 e. The second kappa shape index (κ2) is 3.90. The van der Waals surface area contributed by atoms with Gasteiger partial charge in [0, 0.05) is 20.1 Å². The van der Waals surface area contributed by atoms with Gasteiger partial charge in [-0.25, -0.2) is 8.51 Å². The molecule has 0 amide bonds. The molecule has 2 aliphatic heterocycles. The third-order valence-electron chi connectivity index (χ3n) is 3.94. The van der Waals surface area contributed by atoms with Crippen molar-refractivity contribution in [2.24, 2.45) is 0 Å². The quantitative estimate of drug-likeness (QED) is 0.693. The molecule has 2 heterocycles. The fourth-order valence-corrected chi connectivity index (χ4v) is 4.96. The van der Waals surface area contributed by atoms with Crippen molar-refractivity contribution in [3.63, 3.8) is 0 Å². The van der Waals surface area contributed by atoms with Gasteiger partial charge in [-0.15, -0.1) is 0 Å². The summed E-state index contributed by atoms with van der Waals surface area (Å²) in [5.74, 6) is 0. The molecule has 0 radical (unpaired) electrons. The molecule has 4 heteroatoms. The molecule has 3 rings (SSSR count). The van der Waals surface area contributed by atoms with Crippen molar-refractivity contribution in [3.05, 3.63) is 35.4 Å². The normalized spacial score (nSPS) is 34.1. The van der Waals surface area contributed by atoms with Crippen LogP contribution >= 0.6 is 0 Å². The second-order valence-corrected chi connectivity index (χ2v) is 7.08. The summed E-state index contributed by atoms with van der Waals surface area (Å²) in [4.78, 5) is 2.29. The first-order valence-electron chi connectivity index (χ1n) is 6.03. The molecule has 1 aromatic rings. The summed E-state index contributed by atoms with van der Waals surface area (Å²) < 4.78 is 14.5. The maximum Gasteiger partial charge on any atom is 0.107 e. The van der Waals surface area contributed by atoms with Crippen molar-refractivity contribution >= 4 is 11.0 Å². The first-order valence-corrected chi connectivity index (χ1v) is 7.14. The monoisotopic (exact) mass is 250 g/mol. The fraction of sp³-hybridized carbons (Fsp3) is 0.538. The average molecular weight is 250 g/mol. The van der Waals surface area contributed by atoms with E-state index in [0.29, 0.717) is 0 Å². The van der Waals surface area contributed by atoms with Crippen LogP contribution in [-0.2, 0) is 22.3 Å². The van der Waals surface area contributed by atoms with Gasteiger partial charge in [-0.2, -0.15) is 0 Å². The molecule has 2 atom stereocenters. The summed E-state index contributed by atoms with van der Waals surface area (Å²) in [6, 6.07) is 8.48. The van der Waals surface area contributed by atoms with Crippen molar-refractivity contribution in [2.45, 2.75) is 17.7 Å². The molecule has 17 heavy (non-hydrogen) atoms. The van der Waals surface area contributed by atoms with Gasteiger partial charge in [-0.1, -0.05) is 24.3 Å². The van der Waals surface area contributed by atoms with Crippen molar-refractivity contribution in [1.82, 2.24) is 9.21 Å². The van der Waals surface area contributed by atoms with Crippen LogP contribution in [0.5, 0.6) is 0 Å². The molecule has 0 saturated carbocycles. The summed E-state index contributed by atoms with van der Waals surface area (Å²) in [5.41, 5.74) is 2.64. The minimum Gasteiger partial charge on any atom is -0.304 e. The number of benzene rings is 1. The van der Waals surface area contributed by atoms with E-state index in [-0.39, 0.29) is 4.75 Å². The summed E-state index contributed by atoms with van der Waals surface area (Å²) in [7, 11) is 3.17. The summed E-state index contributed by atoms with van der Waals surface area (Å²) >= 11 is 0. The van der Waals surface area contributed by atoms with Crippen LogP contribution in [0.15, 0.2) is 24.3 Å². The highest BCUT2D eigenvalue weighted by molar-refractivity contribution is 7.83. The highest BCUT2D eigenvalue weighted by Gasteiger charge is 2.48. The maximum atomic E-state index is 12.7. The predicted molar refractivity (Wildman–Crippen MR) is 69.8 cm³/mol. The van der Waals surface area contributed by atoms with E-state index in [4.69, 9.17) is 0 Å². The topological polar surface area (TPSA) is 23.6 Å². The summed E-state index contributed by atoms with van der Waals surface area (Å²) in [6.07, 6.45) is 0.997. The lowest BCUT2D eigenvalue weighted by Crippen LogP contribution is -2.46. The lowest BCUT2D eigenvalue weighted by atomic mass is 9.92. The van der Waals surface area contributed by atoms with Gasteiger partial charge in [0.1, 0.15) is 11.0 Å². The van der Waals surface area contributed by atoms with Crippen LogP contribution in [0.25, 0.3) is 0 Å². The minimum absolute atomic E-state index is 0.168. The van der Waals surface area contributed by atoms with Crippen molar-refractivity contribution in [1.29, 1.82) is 0 Å². The zero-order valence-corrected chi connectivity index (χ0v) is 11.2. The molecule has 1 saturated heterocycles. The van der Waals surface area contributed by atoms with E-state index in [9.17, 15) is 4.21 Å². The van der Waals surface area contributed by atoms with Crippen LogP contribution in [0.2, 0.25) is 0 Å². The molecule has 1 fully saturated rings. The Labute approximate surface area is 105 Å². The third-order valence-corrected chi connectivity index (χ3v) is 5.86. The van der Waals surface area contributed by atoms with Gasteiger partial charge in [-0.05, 0) is 31.1 Å². The van der Waals surface area contributed by atoms with Gasteiger partial charge in [-0.3, -0.25) is 0 Å². The molecular weight excluding hydrogens is 232 g/mol. The van der Waals surface area contributed by atoms with Gasteiger partial charge in [0.25, 0.3) is 0 Å². The first-order chi connectivity index (χ1) is 8.13. The first kappa shape index (κ1) is 11.4. The van der Waals surface area contributed by atoms with E-state index in [0.717, 1.165) is 26.1 Å². The molecule has 2 aliphatic rings. The second-order valence-electron chi connectivity index (χ2n) is 5.17. The third kappa shape index (κ3) is 1.58. The van der Waals surface area contributed by atoms with Gasteiger partial charge in [0.15, 0.2) is 0 Å². The molecule has 1 aromatic carbocycles. The Hall–Kier alpha value is -0.710. The van der Waals surface area contributed by atoms with Crippen molar-refractivity contribution in [2.75, 3.05) is 27.2 Å². The van der Waals surface area contributed by atoms with E-state index >= 15 is 0 Å². The van der Waals surface area contributed by atoms with Gasteiger partial charge < -0.3 is 4.90 Å². The maximum absolute atomic E-state index is 12.7. The largest absolute Gasteiger partial charge is 0.304 e. The van der Waals surface area contributed by atoms with Crippen LogP contribution in [0, 0.1) is 0 Å². The number of nitrogens with zero attached hydrogens (tertiary/aromatic N) is 2. The number of likely N-dealkylation sites (N-methyl/N-ethyl adjacent to an activating group) is 1. The van der Waals surface area contributed by atoms with Gasteiger partial charge in [0.2, 0.25) is 0 Å². The van der Waals surface area contributed by atoms with E-state index in [1.54, 1.807) is 0 Å². The van der Waals surface area contributed by atoms with Crippen LogP contribution in [0.4, 0.5) is 0 Å².